The van der Waals surface area contributed by atoms with E-state index in [9.17, 15) is 0 Å². The lowest BCUT2D eigenvalue weighted by Crippen LogP contribution is -2.18. The fourth-order valence-corrected chi connectivity index (χ4v) is 2.52. The number of aryl methyl sites for hydroxylation is 3. The Kier molecular flexibility index (Phi) is 5.25. The summed E-state index contributed by atoms with van der Waals surface area (Å²) in [6.07, 6.45) is 2.02. The van der Waals surface area contributed by atoms with Gasteiger partial charge in [-0.1, -0.05) is 17.7 Å². The molecule has 0 spiro atoms. The van der Waals surface area contributed by atoms with E-state index in [1.807, 2.05) is 14.0 Å². The summed E-state index contributed by atoms with van der Waals surface area (Å²) in [4.78, 5) is 0. The smallest absolute Gasteiger partial charge is 0.0331 e. The second-order valence-electron chi connectivity index (χ2n) is 4.62. The second-order valence-corrected chi connectivity index (χ2v) is 4.62. The van der Waals surface area contributed by atoms with Crippen LogP contribution in [0, 0.1) is 32.6 Å². The molecule has 0 fully saturated rings. The molecule has 1 atom stereocenters. The zero-order valence-corrected chi connectivity index (χ0v) is 11.6. The van der Waals surface area contributed by atoms with E-state index in [-0.39, 0.29) is 0 Å². The van der Waals surface area contributed by atoms with E-state index in [2.05, 4.69) is 50.1 Å². The highest BCUT2D eigenvalue weighted by molar-refractivity contribution is 5.39. The largest absolute Gasteiger partial charge is 0.313 e. The van der Waals surface area contributed by atoms with Crippen molar-refractivity contribution in [3.8, 4) is 11.8 Å². The van der Waals surface area contributed by atoms with Crippen molar-refractivity contribution in [3.05, 3.63) is 34.4 Å². The molecule has 0 radical (unpaired) electrons. The van der Waals surface area contributed by atoms with Crippen LogP contribution in [0.2, 0.25) is 0 Å². The van der Waals surface area contributed by atoms with E-state index in [1.165, 1.54) is 22.3 Å². The molecule has 1 aromatic carbocycles. The first-order valence-corrected chi connectivity index (χ1v) is 6.24. The van der Waals surface area contributed by atoms with E-state index in [1.54, 1.807) is 0 Å². The summed E-state index contributed by atoms with van der Waals surface area (Å²) in [6, 6.07) is 4.94. The molecule has 0 aliphatic rings. The van der Waals surface area contributed by atoms with Crippen LogP contribution in [-0.4, -0.2) is 7.05 Å². The predicted octanol–water partition coefficient (Wildman–Crippen LogP) is 3.68. The number of hydrogen-bond donors (Lipinski definition) is 1. The van der Waals surface area contributed by atoms with Crippen LogP contribution < -0.4 is 5.32 Å². The Morgan fingerprint density at radius 3 is 2.24 bits per heavy atom. The Hall–Kier alpha value is -1.26. The molecule has 0 aliphatic carbocycles. The lowest BCUT2D eigenvalue weighted by Gasteiger charge is -2.21. The number of nitrogens with one attached hydrogen (secondary N) is 1. The molecule has 1 unspecified atom stereocenters. The van der Waals surface area contributed by atoms with Crippen molar-refractivity contribution >= 4 is 0 Å². The second kappa shape index (κ2) is 6.47. The lowest BCUT2D eigenvalue weighted by molar-refractivity contribution is 0.553. The highest BCUT2D eigenvalue weighted by Gasteiger charge is 2.13. The third-order valence-corrected chi connectivity index (χ3v) is 3.17. The zero-order valence-electron chi connectivity index (χ0n) is 11.6. The van der Waals surface area contributed by atoms with Gasteiger partial charge in [0.25, 0.3) is 0 Å². The molecule has 0 aliphatic heterocycles. The predicted molar refractivity (Wildman–Crippen MR) is 75.1 cm³/mol. The van der Waals surface area contributed by atoms with Crippen molar-refractivity contribution in [2.24, 2.45) is 0 Å². The molecule has 1 aromatic rings. The first kappa shape index (κ1) is 13.8. The summed E-state index contributed by atoms with van der Waals surface area (Å²) >= 11 is 0. The topological polar surface area (TPSA) is 12.0 Å². The molecule has 0 bridgehead atoms. The van der Waals surface area contributed by atoms with Crippen LogP contribution in [0.1, 0.15) is 48.1 Å². The molecule has 0 saturated heterocycles. The Morgan fingerprint density at radius 1 is 1.18 bits per heavy atom. The van der Waals surface area contributed by atoms with Crippen molar-refractivity contribution in [2.75, 3.05) is 7.05 Å². The van der Waals surface area contributed by atoms with Gasteiger partial charge in [-0.05, 0) is 57.9 Å². The highest BCUT2D eigenvalue weighted by Crippen LogP contribution is 2.26. The number of rotatable bonds is 4. The van der Waals surface area contributed by atoms with Gasteiger partial charge in [-0.25, -0.2) is 0 Å². The average molecular weight is 229 g/mol. The quantitative estimate of drug-likeness (QED) is 0.777. The van der Waals surface area contributed by atoms with Gasteiger partial charge in [-0.15, -0.1) is 11.8 Å². The maximum Gasteiger partial charge on any atom is 0.0331 e. The fourth-order valence-electron chi connectivity index (χ4n) is 2.52. The van der Waals surface area contributed by atoms with E-state index in [0.717, 1.165) is 12.8 Å². The summed E-state index contributed by atoms with van der Waals surface area (Å²) in [5.74, 6) is 6.10. The van der Waals surface area contributed by atoms with Gasteiger partial charge in [0, 0.05) is 12.5 Å². The van der Waals surface area contributed by atoms with Crippen LogP contribution in [0.3, 0.4) is 0 Å². The van der Waals surface area contributed by atoms with Crippen LogP contribution in [-0.2, 0) is 0 Å². The lowest BCUT2D eigenvalue weighted by atomic mass is 9.92. The van der Waals surface area contributed by atoms with Crippen molar-refractivity contribution in [1.82, 2.24) is 5.32 Å². The minimum Gasteiger partial charge on any atom is -0.313 e. The SMILES string of the molecule is CC#CCCC(NC)c1c(C)cc(C)cc1C. The maximum atomic E-state index is 3.41. The van der Waals surface area contributed by atoms with Gasteiger partial charge < -0.3 is 5.32 Å². The van der Waals surface area contributed by atoms with Crippen LogP contribution in [0.5, 0.6) is 0 Å². The molecule has 1 N–H and O–H groups in total. The molecule has 17 heavy (non-hydrogen) atoms. The van der Waals surface area contributed by atoms with Gasteiger partial charge in [0.05, 0.1) is 0 Å². The molecule has 0 amide bonds. The maximum absolute atomic E-state index is 3.41. The van der Waals surface area contributed by atoms with Crippen LogP contribution in [0.15, 0.2) is 12.1 Å². The van der Waals surface area contributed by atoms with Gasteiger partial charge in [0.1, 0.15) is 0 Å². The van der Waals surface area contributed by atoms with Crippen LogP contribution in [0.25, 0.3) is 0 Å². The van der Waals surface area contributed by atoms with Gasteiger partial charge >= 0.3 is 0 Å². The van der Waals surface area contributed by atoms with Gasteiger partial charge in [0.2, 0.25) is 0 Å². The first-order valence-electron chi connectivity index (χ1n) is 6.24. The summed E-state index contributed by atoms with van der Waals surface area (Å²) in [5.41, 5.74) is 5.54. The summed E-state index contributed by atoms with van der Waals surface area (Å²) in [7, 11) is 2.03. The third-order valence-electron chi connectivity index (χ3n) is 3.17. The molecule has 1 nitrogen and oxygen atoms in total. The molecule has 0 aromatic heterocycles. The standard InChI is InChI=1S/C16H23N/c1-6-7-8-9-15(17-5)16-13(3)10-12(2)11-14(16)4/h10-11,15,17H,8-9H2,1-5H3. The molecular weight excluding hydrogens is 206 g/mol. The number of benzene rings is 1. The Labute approximate surface area is 106 Å². The molecule has 0 heterocycles. The molecule has 0 saturated carbocycles. The minimum atomic E-state index is 0.413. The third kappa shape index (κ3) is 3.61. The minimum absolute atomic E-state index is 0.413. The van der Waals surface area contributed by atoms with Crippen molar-refractivity contribution < 1.29 is 0 Å². The van der Waals surface area contributed by atoms with E-state index in [0.29, 0.717) is 6.04 Å². The molecule has 92 valence electrons. The van der Waals surface area contributed by atoms with Gasteiger partial charge in [0.15, 0.2) is 0 Å². The Bertz CT molecular complexity index is 412. The Morgan fingerprint density at radius 2 is 1.76 bits per heavy atom. The highest BCUT2D eigenvalue weighted by atomic mass is 14.9. The number of hydrogen-bond acceptors (Lipinski definition) is 1. The molecule has 1 rings (SSSR count). The first-order chi connectivity index (χ1) is 8.10. The fraction of sp³-hybridized carbons (Fsp3) is 0.500. The van der Waals surface area contributed by atoms with Crippen LogP contribution in [0.4, 0.5) is 0 Å². The van der Waals surface area contributed by atoms with Gasteiger partial charge in [-0.2, -0.15) is 0 Å². The van der Waals surface area contributed by atoms with Crippen molar-refractivity contribution in [3.63, 3.8) is 0 Å². The summed E-state index contributed by atoms with van der Waals surface area (Å²) < 4.78 is 0. The van der Waals surface area contributed by atoms with E-state index in [4.69, 9.17) is 0 Å². The summed E-state index contributed by atoms with van der Waals surface area (Å²) in [6.45, 7) is 8.45. The monoisotopic (exact) mass is 229 g/mol. The Balaban J connectivity index is 2.97. The average Bonchev–Trinajstić information content (AvgIpc) is 2.25. The normalized spacial score (nSPS) is 11.8. The van der Waals surface area contributed by atoms with Crippen LogP contribution >= 0.6 is 0 Å². The van der Waals surface area contributed by atoms with Crippen molar-refractivity contribution in [1.29, 1.82) is 0 Å². The molecule has 1 heteroatoms. The van der Waals surface area contributed by atoms with E-state index >= 15 is 0 Å². The van der Waals surface area contributed by atoms with Crippen molar-refractivity contribution in [2.45, 2.75) is 46.6 Å². The zero-order chi connectivity index (χ0) is 12.8. The molecular formula is C16H23N. The summed E-state index contributed by atoms with van der Waals surface area (Å²) in [5, 5.41) is 3.41. The van der Waals surface area contributed by atoms with Gasteiger partial charge in [-0.3, -0.25) is 0 Å². The van der Waals surface area contributed by atoms with E-state index < -0.39 is 0 Å².